The third-order valence-electron chi connectivity index (χ3n) is 4.28. The van der Waals surface area contributed by atoms with E-state index in [2.05, 4.69) is 5.32 Å². The highest BCUT2D eigenvalue weighted by molar-refractivity contribution is 7.89. The average Bonchev–Trinajstić information content (AvgIpc) is 2.57. The van der Waals surface area contributed by atoms with E-state index < -0.39 is 15.6 Å². The van der Waals surface area contributed by atoms with Gasteiger partial charge >= 0.3 is 0 Å². The number of benzene rings is 1. The van der Waals surface area contributed by atoms with Crippen LogP contribution in [0.2, 0.25) is 5.02 Å². The van der Waals surface area contributed by atoms with Gasteiger partial charge in [0.1, 0.15) is 5.75 Å². The van der Waals surface area contributed by atoms with Crippen molar-refractivity contribution in [3.05, 3.63) is 29.3 Å². The van der Waals surface area contributed by atoms with Crippen LogP contribution in [0.25, 0.3) is 0 Å². The number of piperidine rings is 1. The second kappa shape index (κ2) is 7.93. The van der Waals surface area contributed by atoms with E-state index in [1.54, 1.807) is 45.0 Å². The molecule has 0 atom stereocenters. The molecule has 1 fully saturated rings. The smallest absolute Gasteiger partial charge is 0.263 e. The van der Waals surface area contributed by atoms with Gasteiger partial charge in [-0.25, -0.2) is 12.7 Å². The van der Waals surface area contributed by atoms with Crippen LogP contribution < -0.4 is 10.1 Å². The summed E-state index contributed by atoms with van der Waals surface area (Å²) in [5.74, 6) is 0.444. The number of carbonyl (C=O) groups is 1. The Kier molecular flexibility index (Phi) is 6.35. The summed E-state index contributed by atoms with van der Waals surface area (Å²) in [6, 6.07) is 6.78. The fraction of sp³-hybridized carbons (Fsp3) is 0.588. The lowest BCUT2D eigenvalue weighted by Crippen LogP contribution is -2.53. The zero-order chi connectivity index (χ0) is 18.7. The largest absolute Gasteiger partial charge is 0.478 e. The first-order valence-corrected chi connectivity index (χ1v) is 10.4. The summed E-state index contributed by atoms with van der Waals surface area (Å²) in [7, 11) is -3.16. The van der Waals surface area contributed by atoms with E-state index in [0.717, 1.165) is 0 Å². The summed E-state index contributed by atoms with van der Waals surface area (Å²) < 4.78 is 31.0. The van der Waals surface area contributed by atoms with Crippen LogP contribution in [0.15, 0.2) is 24.3 Å². The molecule has 0 aromatic heterocycles. The molecule has 1 aliphatic heterocycles. The molecule has 140 valence electrons. The molecule has 6 nitrogen and oxygen atoms in total. The predicted molar refractivity (Wildman–Crippen MR) is 98.4 cm³/mol. The van der Waals surface area contributed by atoms with Gasteiger partial charge in [-0.1, -0.05) is 11.6 Å². The average molecular weight is 389 g/mol. The fourth-order valence-corrected chi connectivity index (χ4v) is 3.92. The number of rotatable bonds is 6. The lowest BCUT2D eigenvalue weighted by atomic mass is 10.0. The number of nitrogens with one attached hydrogen (secondary N) is 1. The van der Waals surface area contributed by atoms with Crippen molar-refractivity contribution in [1.29, 1.82) is 0 Å². The van der Waals surface area contributed by atoms with Gasteiger partial charge in [0.15, 0.2) is 5.60 Å². The minimum atomic E-state index is -3.16. The quantitative estimate of drug-likeness (QED) is 0.812. The van der Waals surface area contributed by atoms with Gasteiger partial charge in [-0.2, -0.15) is 0 Å². The molecule has 1 aromatic rings. The van der Waals surface area contributed by atoms with Crippen molar-refractivity contribution in [3.63, 3.8) is 0 Å². The highest BCUT2D eigenvalue weighted by atomic mass is 35.5. The van der Waals surface area contributed by atoms with Crippen molar-refractivity contribution in [2.24, 2.45) is 0 Å². The second-order valence-corrected chi connectivity index (χ2v) is 9.31. The molecule has 0 unspecified atom stereocenters. The van der Waals surface area contributed by atoms with Gasteiger partial charge in [0.25, 0.3) is 5.91 Å². The van der Waals surface area contributed by atoms with Gasteiger partial charge in [0.05, 0.1) is 5.75 Å². The van der Waals surface area contributed by atoms with Gasteiger partial charge in [0, 0.05) is 24.2 Å². The molecule has 1 amide bonds. The summed E-state index contributed by atoms with van der Waals surface area (Å²) in [4.78, 5) is 12.5. The molecular formula is C17H25ClN2O4S. The molecule has 0 saturated carbocycles. The minimum absolute atomic E-state index is 0.0519. The Hall–Kier alpha value is -1.31. The van der Waals surface area contributed by atoms with E-state index in [1.165, 1.54) is 4.31 Å². The van der Waals surface area contributed by atoms with Crippen molar-refractivity contribution in [2.75, 3.05) is 18.8 Å². The summed E-state index contributed by atoms with van der Waals surface area (Å²) in [5, 5.41) is 3.57. The maximum Gasteiger partial charge on any atom is 0.263 e. The number of ether oxygens (including phenoxy) is 1. The highest BCUT2D eigenvalue weighted by Gasteiger charge is 2.33. The Labute approximate surface area is 154 Å². The van der Waals surface area contributed by atoms with Crippen LogP contribution in [0.3, 0.4) is 0 Å². The number of hydrogen-bond acceptors (Lipinski definition) is 4. The van der Waals surface area contributed by atoms with Crippen LogP contribution in [0.5, 0.6) is 5.75 Å². The van der Waals surface area contributed by atoms with Gasteiger partial charge < -0.3 is 10.1 Å². The first-order valence-electron chi connectivity index (χ1n) is 8.37. The fourth-order valence-electron chi connectivity index (χ4n) is 2.66. The first kappa shape index (κ1) is 20.0. The van der Waals surface area contributed by atoms with Crippen LogP contribution in [-0.2, 0) is 14.8 Å². The molecule has 1 aliphatic rings. The van der Waals surface area contributed by atoms with E-state index in [1.807, 2.05) is 0 Å². The lowest BCUT2D eigenvalue weighted by molar-refractivity contribution is -0.135. The van der Waals surface area contributed by atoms with Crippen molar-refractivity contribution in [2.45, 2.75) is 45.3 Å². The Morgan fingerprint density at radius 2 is 1.84 bits per heavy atom. The summed E-state index contributed by atoms with van der Waals surface area (Å²) in [6.07, 6.45) is 1.20. The molecule has 1 N–H and O–H groups in total. The number of sulfonamides is 1. The van der Waals surface area contributed by atoms with Crippen LogP contribution >= 0.6 is 11.6 Å². The zero-order valence-electron chi connectivity index (χ0n) is 14.8. The monoisotopic (exact) mass is 388 g/mol. The summed E-state index contributed by atoms with van der Waals surface area (Å²) >= 11 is 5.85. The number of carbonyl (C=O) groups excluding carboxylic acids is 1. The van der Waals surface area contributed by atoms with E-state index >= 15 is 0 Å². The summed E-state index contributed by atoms with van der Waals surface area (Å²) in [6.45, 7) is 5.90. The van der Waals surface area contributed by atoms with Crippen molar-refractivity contribution >= 4 is 27.5 Å². The molecule has 0 spiro atoms. The molecule has 0 bridgehead atoms. The van der Waals surface area contributed by atoms with Crippen LogP contribution in [0.4, 0.5) is 0 Å². The summed E-state index contributed by atoms with van der Waals surface area (Å²) in [5.41, 5.74) is -1.04. The molecule has 2 rings (SSSR count). The molecule has 1 heterocycles. The Morgan fingerprint density at radius 1 is 1.28 bits per heavy atom. The number of amides is 1. The van der Waals surface area contributed by atoms with E-state index in [9.17, 15) is 13.2 Å². The van der Waals surface area contributed by atoms with Crippen LogP contribution in [-0.4, -0.2) is 49.1 Å². The number of halogens is 1. The minimum Gasteiger partial charge on any atom is -0.478 e. The number of hydrogen-bond donors (Lipinski definition) is 1. The third-order valence-corrected chi connectivity index (χ3v) is 6.41. The van der Waals surface area contributed by atoms with Crippen molar-refractivity contribution in [1.82, 2.24) is 9.62 Å². The molecule has 8 heteroatoms. The van der Waals surface area contributed by atoms with Gasteiger partial charge in [-0.15, -0.1) is 0 Å². The molecule has 1 saturated heterocycles. The van der Waals surface area contributed by atoms with Crippen molar-refractivity contribution in [3.8, 4) is 5.75 Å². The molecule has 1 aromatic carbocycles. The van der Waals surface area contributed by atoms with Gasteiger partial charge in [0.2, 0.25) is 10.0 Å². The van der Waals surface area contributed by atoms with E-state index in [-0.39, 0.29) is 17.7 Å². The van der Waals surface area contributed by atoms with Crippen LogP contribution in [0.1, 0.15) is 33.6 Å². The first-order chi connectivity index (χ1) is 11.6. The lowest BCUT2D eigenvalue weighted by Gasteiger charge is -2.33. The third kappa shape index (κ3) is 5.33. The molecule has 0 aliphatic carbocycles. The Bertz CT molecular complexity index is 696. The normalized spacial score (nSPS) is 17.3. The SMILES string of the molecule is CCS(=O)(=O)N1CCC(NC(=O)C(C)(C)Oc2ccc(Cl)cc2)CC1. The van der Waals surface area contributed by atoms with E-state index in [0.29, 0.717) is 36.7 Å². The Balaban J connectivity index is 1.90. The number of nitrogens with zero attached hydrogens (tertiary/aromatic N) is 1. The Morgan fingerprint density at radius 3 is 2.36 bits per heavy atom. The van der Waals surface area contributed by atoms with Crippen LogP contribution in [0, 0.1) is 0 Å². The molecule has 0 radical (unpaired) electrons. The van der Waals surface area contributed by atoms with Gasteiger partial charge in [-0.3, -0.25) is 4.79 Å². The predicted octanol–water partition coefficient (Wildman–Crippen LogP) is 2.43. The maximum absolute atomic E-state index is 12.5. The molecular weight excluding hydrogens is 364 g/mol. The maximum atomic E-state index is 12.5. The zero-order valence-corrected chi connectivity index (χ0v) is 16.4. The van der Waals surface area contributed by atoms with Gasteiger partial charge in [-0.05, 0) is 57.9 Å². The molecule has 25 heavy (non-hydrogen) atoms. The highest BCUT2D eigenvalue weighted by Crippen LogP contribution is 2.22. The standard InChI is InChI=1S/C17H25ClN2O4S/c1-4-25(22,23)20-11-9-14(10-12-20)19-16(21)17(2,3)24-15-7-5-13(18)6-8-15/h5-8,14H,4,9-12H2,1-3H3,(H,19,21). The topological polar surface area (TPSA) is 75.7 Å². The van der Waals surface area contributed by atoms with Crippen molar-refractivity contribution < 1.29 is 17.9 Å². The second-order valence-electron chi connectivity index (χ2n) is 6.61. The van der Waals surface area contributed by atoms with E-state index in [4.69, 9.17) is 16.3 Å².